The van der Waals surface area contributed by atoms with Crippen molar-refractivity contribution in [1.29, 1.82) is 0 Å². The van der Waals surface area contributed by atoms with Crippen LogP contribution in [0.1, 0.15) is 31.1 Å². The number of hydrogen-bond acceptors (Lipinski definition) is 3. The van der Waals surface area contributed by atoms with Crippen LogP contribution in [-0.2, 0) is 0 Å². The molecule has 0 spiro atoms. The number of rotatable bonds is 1. The maximum atomic E-state index is 12.1. The Morgan fingerprint density at radius 2 is 1.85 bits per heavy atom. The molecule has 0 saturated heterocycles. The molecule has 1 amide bonds. The van der Waals surface area contributed by atoms with Gasteiger partial charge in [0.2, 0.25) is 0 Å². The molecule has 4 nitrogen and oxygen atoms in total. The van der Waals surface area contributed by atoms with E-state index in [2.05, 4.69) is 5.32 Å². The number of halogens is 2. The lowest BCUT2D eigenvalue weighted by Crippen LogP contribution is -2.42. The Hall–Kier alpha value is -1.52. The number of amides is 1. The highest BCUT2D eigenvalue weighted by Crippen LogP contribution is 2.27. The zero-order valence-electron chi connectivity index (χ0n) is 11.2. The maximum Gasteiger partial charge on any atom is 0.349 e. The van der Waals surface area contributed by atoms with E-state index < -0.39 is 17.1 Å². The van der Waals surface area contributed by atoms with Crippen molar-refractivity contribution in [2.75, 3.05) is 0 Å². The summed E-state index contributed by atoms with van der Waals surface area (Å²) in [6.45, 7) is 5.46. The van der Waals surface area contributed by atoms with Gasteiger partial charge in [-0.25, -0.2) is 4.79 Å². The molecule has 1 heterocycles. The van der Waals surface area contributed by atoms with Gasteiger partial charge in [-0.3, -0.25) is 4.79 Å². The average Bonchev–Trinajstić information content (AvgIpc) is 2.27. The third kappa shape index (κ3) is 3.14. The number of carbonyl (C=O) groups excluding carboxylic acids is 1. The summed E-state index contributed by atoms with van der Waals surface area (Å²) in [5.41, 5.74) is -1.05. The number of nitrogens with one attached hydrogen (secondary N) is 1. The normalized spacial score (nSPS) is 11.7. The van der Waals surface area contributed by atoms with Crippen LogP contribution in [0.3, 0.4) is 0 Å². The van der Waals surface area contributed by atoms with E-state index in [1.807, 2.05) is 20.8 Å². The second-order valence-corrected chi connectivity index (χ2v) is 6.30. The van der Waals surface area contributed by atoms with Crippen LogP contribution in [0, 0.1) is 0 Å². The lowest BCUT2D eigenvalue weighted by Gasteiger charge is -2.20. The first-order chi connectivity index (χ1) is 9.17. The van der Waals surface area contributed by atoms with Gasteiger partial charge < -0.3 is 9.73 Å². The largest absolute Gasteiger partial charge is 0.421 e. The van der Waals surface area contributed by atoms with Crippen LogP contribution in [0.4, 0.5) is 0 Å². The molecule has 0 atom stereocenters. The van der Waals surface area contributed by atoms with E-state index in [0.717, 1.165) is 0 Å². The number of hydrogen-bond donors (Lipinski definition) is 1. The summed E-state index contributed by atoms with van der Waals surface area (Å²) in [7, 11) is 0. The van der Waals surface area contributed by atoms with Crippen LogP contribution < -0.4 is 10.9 Å². The average molecular weight is 314 g/mol. The molecule has 0 bridgehead atoms. The fourth-order valence-corrected chi connectivity index (χ4v) is 2.27. The fourth-order valence-electron chi connectivity index (χ4n) is 1.72. The van der Waals surface area contributed by atoms with Gasteiger partial charge in [-0.2, -0.15) is 0 Å². The van der Waals surface area contributed by atoms with Gasteiger partial charge in [0.1, 0.15) is 5.56 Å². The molecule has 6 heteroatoms. The van der Waals surface area contributed by atoms with Gasteiger partial charge in [-0.1, -0.05) is 23.2 Å². The van der Waals surface area contributed by atoms with Crippen molar-refractivity contribution in [3.8, 4) is 0 Å². The SMILES string of the molecule is CC(C)(C)NC(=O)c1cc2cc(Cl)cc(Cl)c2oc1=O. The summed E-state index contributed by atoms with van der Waals surface area (Å²) in [5, 5.41) is 3.84. The minimum atomic E-state index is -0.733. The molecule has 0 fully saturated rings. The quantitative estimate of drug-likeness (QED) is 0.818. The number of carbonyl (C=O) groups is 1. The predicted molar refractivity (Wildman–Crippen MR) is 79.7 cm³/mol. The molecule has 0 aliphatic heterocycles. The summed E-state index contributed by atoms with van der Waals surface area (Å²) in [6, 6.07) is 4.49. The summed E-state index contributed by atoms with van der Waals surface area (Å²) in [4.78, 5) is 23.9. The first kappa shape index (κ1) is 14.9. The van der Waals surface area contributed by atoms with Crippen molar-refractivity contribution in [3.05, 3.63) is 44.2 Å². The van der Waals surface area contributed by atoms with Crippen molar-refractivity contribution < 1.29 is 9.21 Å². The highest BCUT2D eigenvalue weighted by atomic mass is 35.5. The summed E-state index contributed by atoms with van der Waals surface area (Å²) in [5.74, 6) is -0.496. The lowest BCUT2D eigenvalue weighted by molar-refractivity contribution is 0.0916. The molecule has 0 saturated carbocycles. The van der Waals surface area contributed by atoms with Crippen LogP contribution in [0.2, 0.25) is 10.0 Å². The Labute approximate surface area is 125 Å². The topological polar surface area (TPSA) is 59.3 Å². The Bertz CT molecular complexity index is 744. The molecule has 1 N–H and O–H groups in total. The zero-order chi connectivity index (χ0) is 15.1. The van der Waals surface area contributed by atoms with E-state index in [1.54, 1.807) is 6.07 Å². The van der Waals surface area contributed by atoms with E-state index in [9.17, 15) is 9.59 Å². The number of benzene rings is 1. The molecule has 1 aromatic carbocycles. The van der Waals surface area contributed by atoms with Crippen LogP contribution in [0.25, 0.3) is 11.0 Å². The molecule has 0 aliphatic rings. The van der Waals surface area contributed by atoms with Crippen molar-refractivity contribution in [2.45, 2.75) is 26.3 Å². The minimum Gasteiger partial charge on any atom is -0.421 e. The van der Waals surface area contributed by atoms with E-state index in [1.165, 1.54) is 12.1 Å². The maximum absolute atomic E-state index is 12.1. The first-order valence-electron chi connectivity index (χ1n) is 5.93. The molecule has 0 unspecified atom stereocenters. The van der Waals surface area contributed by atoms with Crippen LogP contribution in [0.5, 0.6) is 0 Å². The van der Waals surface area contributed by atoms with Crippen molar-refractivity contribution in [3.63, 3.8) is 0 Å². The minimum absolute atomic E-state index is 0.0780. The smallest absolute Gasteiger partial charge is 0.349 e. The molecule has 2 rings (SSSR count). The van der Waals surface area contributed by atoms with Crippen molar-refractivity contribution >= 4 is 40.1 Å². The Morgan fingerprint density at radius 3 is 2.45 bits per heavy atom. The lowest BCUT2D eigenvalue weighted by atomic mass is 10.1. The summed E-state index contributed by atoms with van der Waals surface area (Å²) >= 11 is 11.9. The fraction of sp³-hybridized carbons (Fsp3) is 0.286. The Balaban J connectivity index is 2.59. The van der Waals surface area contributed by atoms with Gasteiger partial charge in [-0.15, -0.1) is 0 Å². The van der Waals surface area contributed by atoms with Gasteiger partial charge in [0, 0.05) is 15.9 Å². The molecule has 2 aromatic rings. The number of fused-ring (bicyclic) bond motifs is 1. The second kappa shape index (κ2) is 5.11. The summed E-state index contributed by atoms with van der Waals surface area (Å²) in [6.07, 6.45) is 0. The highest BCUT2D eigenvalue weighted by Gasteiger charge is 2.20. The summed E-state index contributed by atoms with van der Waals surface area (Å²) < 4.78 is 5.11. The highest BCUT2D eigenvalue weighted by molar-refractivity contribution is 6.38. The van der Waals surface area contributed by atoms with Crippen molar-refractivity contribution in [1.82, 2.24) is 5.32 Å². The molecule has 20 heavy (non-hydrogen) atoms. The van der Waals surface area contributed by atoms with Gasteiger partial charge in [0.25, 0.3) is 5.91 Å². The third-order valence-corrected chi connectivity index (χ3v) is 2.98. The van der Waals surface area contributed by atoms with Gasteiger partial charge in [0.15, 0.2) is 5.58 Å². The van der Waals surface area contributed by atoms with Gasteiger partial charge in [-0.05, 0) is 39.0 Å². The van der Waals surface area contributed by atoms with E-state index in [0.29, 0.717) is 10.4 Å². The van der Waals surface area contributed by atoms with Crippen molar-refractivity contribution in [2.24, 2.45) is 0 Å². The van der Waals surface area contributed by atoms with E-state index in [-0.39, 0.29) is 16.2 Å². The van der Waals surface area contributed by atoms with Crippen LogP contribution in [-0.4, -0.2) is 11.4 Å². The van der Waals surface area contributed by atoms with Crippen LogP contribution >= 0.6 is 23.2 Å². The van der Waals surface area contributed by atoms with E-state index in [4.69, 9.17) is 27.6 Å². The van der Waals surface area contributed by atoms with Crippen LogP contribution in [0.15, 0.2) is 27.4 Å². The Kier molecular flexibility index (Phi) is 3.80. The monoisotopic (exact) mass is 313 g/mol. The van der Waals surface area contributed by atoms with Gasteiger partial charge >= 0.3 is 5.63 Å². The Morgan fingerprint density at radius 1 is 1.20 bits per heavy atom. The van der Waals surface area contributed by atoms with Gasteiger partial charge in [0.05, 0.1) is 5.02 Å². The molecule has 1 aromatic heterocycles. The molecular weight excluding hydrogens is 301 g/mol. The van der Waals surface area contributed by atoms with E-state index >= 15 is 0 Å². The third-order valence-electron chi connectivity index (χ3n) is 2.48. The standard InChI is InChI=1S/C14H13Cl2NO3/c1-14(2,3)17-12(18)9-5-7-4-8(15)6-10(16)11(7)20-13(9)19/h4-6H,1-3H3,(H,17,18). The molecule has 0 aliphatic carbocycles. The second-order valence-electron chi connectivity index (χ2n) is 5.46. The molecule has 0 radical (unpaired) electrons. The molecule has 106 valence electrons. The predicted octanol–water partition coefficient (Wildman–Crippen LogP) is 3.63. The first-order valence-corrected chi connectivity index (χ1v) is 6.68. The molecular formula is C14H13Cl2NO3. The zero-order valence-corrected chi connectivity index (χ0v) is 12.7.